The van der Waals surface area contributed by atoms with Crippen LogP contribution in [0.4, 0.5) is 4.39 Å². The van der Waals surface area contributed by atoms with Gasteiger partial charge >= 0.3 is 0 Å². The van der Waals surface area contributed by atoms with E-state index < -0.39 is 11.9 Å². The van der Waals surface area contributed by atoms with Gasteiger partial charge in [0, 0.05) is 24.4 Å². The van der Waals surface area contributed by atoms with E-state index >= 15 is 0 Å². The SMILES string of the molecule is CC(O)c1cc(F)ccc1-c1c(Cn2cnc(C#N)c2)cnn1C. The van der Waals surface area contributed by atoms with E-state index in [4.69, 9.17) is 5.26 Å². The van der Waals surface area contributed by atoms with E-state index in [1.165, 1.54) is 12.1 Å². The van der Waals surface area contributed by atoms with Gasteiger partial charge in [-0.25, -0.2) is 9.37 Å². The summed E-state index contributed by atoms with van der Waals surface area (Å²) in [6.07, 6.45) is 4.14. The maximum Gasteiger partial charge on any atom is 0.158 e. The van der Waals surface area contributed by atoms with Gasteiger partial charge in [-0.1, -0.05) is 0 Å². The average molecular weight is 325 g/mol. The molecule has 2 aromatic heterocycles. The van der Waals surface area contributed by atoms with Crippen molar-refractivity contribution in [2.45, 2.75) is 19.6 Å². The predicted octanol–water partition coefficient (Wildman–Crippen LogP) is 2.40. The van der Waals surface area contributed by atoms with Gasteiger partial charge in [-0.2, -0.15) is 10.4 Å². The molecule has 0 saturated heterocycles. The Morgan fingerprint density at radius 3 is 2.88 bits per heavy atom. The van der Waals surface area contributed by atoms with E-state index in [1.54, 1.807) is 48.0 Å². The molecular formula is C17H16FN5O. The number of aliphatic hydroxyl groups is 1. The fourth-order valence-electron chi connectivity index (χ4n) is 2.74. The Morgan fingerprint density at radius 1 is 1.42 bits per heavy atom. The summed E-state index contributed by atoms with van der Waals surface area (Å²) in [5.74, 6) is -0.397. The molecular weight excluding hydrogens is 309 g/mol. The molecule has 1 N–H and O–H groups in total. The molecule has 7 heteroatoms. The van der Waals surface area contributed by atoms with Crippen molar-refractivity contribution in [1.82, 2.24) is 19.3 Å². The third kappa shape index (κ3) is 2.92. The van der Waals surface area contributed by atoms with Crippen molar-refractivity contribution in [3.63, 3.8) is 0 Å². The number of hydrogen-bond acceptors (Lipinski definition) is 4. The van der Waals surface area contributed by atoms with Gasteiger partial charge in [0.1, 0.15) is 11.9 Å². The highest BCUT2D eigenvalue weighted by Gasteiger charge is 2.18. The standard InChI is InChI=1S/C17H16FN5O/c1-11(24)16-5-13(18)3-4-15(16)17-12(7-21-22(17)2)8-23-9-14(6-19)20-10-23/h3-5,7,9-11,24H,8H2,1-2H3. The van der Waals surface area contributed by atoms with Crippen LogP contribution in [-0.2, 0) is 13.6 Å². The zero-order valence-corrected chi connectivity index (χ0v) is 13.3. The van der Waals surface area contributed by atoms with Crippen LogP contribution in [0.5, 0.6) is 0 Å². The molecule has 0 saturated carbocycles. The Labute approximate surface area is 138 Å². The Bertz CT molecular complexity index is 919. The summed E-state index contributed by atoms with van der Waals surface area (Å²) >= 11 is 0. The van der Waals surface area contributed by atoms with Gasteiger partial charge in [0.2, 0.25) is 0 Å². The molecule has 1 atom stereocenters. The number of rotatable bonds is 4. The van der Waals surface area contributed by atoms with Crippen molar-refractivity contribution in [3.8, 4) is 17.3 Å². The summed E-state index contributed by atoms with van der Waals surface area (Å²) in [4.78, 5) is 3.98. The number of aryl methyl sites for hydroxylation is 1. The first-order valence-electron chi connectivity index (χ1n) is 7.40. The molecule has 0 amide bonds. The van der Waals surface area contributed by atoms with E-state index in [9.17, 15) is 9.50 Å². The molecule has 0 radical (unpaired) electrons. The van der Waals surface area contributed by atoms with Crippen molar-refractivity contribution in [3.05, 3.63) is 59.6 Å². The Morgan fingerprint density at radius 2 is 2.21 bits per heavy atom. The topological polar surface area (TPSA) is 79.7 Å². The minimum absolute atomic E-state index is 0.340. The molecule has 1 aromatic carbocycles. The normalized spacial score (nSPS) is 12.1. The Hall–Kier alpha value is -2.98. The number of aliphatic hydroxyl groups excluding tert-OH is 1. The van der Waals surface area contributed by atoms with Crippen molar-refractivity contribution in [2.75, 3.05) is 0 Å². The molecule has 122 valence electrons. The van der Waals surface area contributed by atoms with Crippen LogP contribution < -0.4 is 0 Å². The van der Waals surface area contributed by atoms with Crippen LogP contribution in [0.3, 0.4) is 0 Å². The highest BCUT2D eigenvalue weighted by molar-refractivity contribution is 5.68. The van der Waals surface area contributed by atoms with Gasteiger partial charge in [-0.15, -0.1) is 0 Å². The van der Waals surface area contributed by atoms with Crippen LogP contribution in [0, 0.1) is 17.1 Å². The highest BCUT2D eigenvalue weighted by Crippen LogP contribution is 2.31. The molecule has 0 spiro atoms. The number of nitrogens with zero attached hydrogens (tertiary/aromatic N) is 5. The number of halogens is 1. The minimum Gasteiger partial charge on any atom is -0.389 e. The molecule has 1 unspecified atom stereocenters. The van der Waals surface area contributed by atoms with Crippen LogP contribution in [0.25, 0.3) is 11.3 Å². The lowest BCUT2D eigenvalue weighted by Gasteiger charge is -2.14. The number of hydrogen-bond donors (Lipinski definition) is 1. The van der Waals surface area contributed by atoms with Crippen LogP contribution in [0.15, 0.2) is 36.9 Å². The molecule has 6 nitrogen and oxygen atoms in total. The van der Waals surface area contributed by atoms with E-state index in [-0.39, 0.29) is 0 Å². The largest absolute Gasteiger partial charge is 0.389 e. The first kappa shape index (κ1) is 15.9. The third-order valence-corrected chi connectivity index (χ3v) is 3.83. The second kappa shape index (κ2) is 6.26. The molecule has 0 aliphatic carbocycles. The van der Waals surface area contributed by atoms with E-state index in [0.717, 1.165) is 16.8 Å². The predicted molar refractivity (Wildman–Crippen MR) is 85.3 cm³/mol. The second-order valence-electron chi connectivity index (χ2n) is 5.59. The molecule has 0 fully saturated rings. The smallest absolute Gasteiger partial charge is 0.158 e. The summed E-state index contributed by atoms with van der Waals surface area (Å²) in [5.41, 5.74) is 3.24. The van der Waals surface area contributed by atoms with Gasteiger partial charge in [0.15, 0.2) is 5.69 Å². The maximum atomic E-state index is 13.6. The molecule has 3 rings (SSSR count). The van der Waals surface area contributed by atoms with Gasteiger partial charge in [0.05, 0.1) is 30.9 Å². The summed E-state index contributed by atoms with van der Waals surface area (Å²) in [6, 6.07) is 6.33. The minimum atomic E-state index is -0.808. The molecule has 0 aliphatic heterocycles. The lowest BCUT2D eigenvalue weighted by molar-refractivity contribution is 0.199. The van der Waals surface area contributed by atoms with Crippen LogP contribution >= 0.6 is 0 Å². The summed E-state index contributed by atoms with van der Waals surface area (Å²) in [5, 5.41) is 23.1. The number of aromatic nitrogens is 4. The van der Waals surface area contributed by atoms with Gasteiger partial charge in [0.25, 0.3) is 0 Å². The average Bonchev–Trinajstić information content (AvgIpc) is 3.15. The molecule has 0 aliphatic rings. The van der Waals surface area contributed by atoms with E-state index in [2.05, 4.69) is 10.1 Å². The lowest BCUT2D eigenvalue weighted by atomic mass is 9.98. The van der Waals surface area contributed by atoms with Crippen LogP contribution in [0.1, 0.15) is 29.8 Å². The van der Waals surface area contributed by atoms with Crippen molar-refractivity contribution in [1.29, 1.82) is 5.26 Å². The van der Waals surface area contributed by atoms with Crippen LogP contribution in [-0.4, -0.2) is 24.4 Å². The van der Waals surface area contributed by atoms with Gasteiger partial charge in [-0.3, -0.25) is 4.68 Å². The molecule has 2 heterocycles. The van der Waals surface area contributed by atoms with Crippen molar-refractivity contribution in [2.24, 2.45) is 7.05 Å². The Balaban J connectivity index is 2.07. The zero-order valence-electron chi connectivity index (χ0n) is 13.3. The fraction of sp³-hybridized carbons (Fsp3) is 0.235. The summed E-state index contributed by atoms with van der Waals surface area (Å²) < 4.78 is 17.0. The van der Waals surface area contributed by atoms with E-state index in [0.29, 0.717) is 17.8 Å². The zero-order chi connectivity index (χ0) is 17.3. The van der Waals surface area contributed by atoms with Gasteiger partial charge in [-0.05, 0) is 30.7 Å². The molecule has 0 bridgehead atoms. The second-order valence-corrected chi connectivity index (χ2v) is 5.59. The quantitative estimate of drug-likeness (QED) is 0.799. The van der Waals surface area contributed by atoms with Crippen molar-refractivity contribution < 1.29 is 9.50 Å². The van der Waals surface area contributed by atoms with Crippen molar-refractivity contribution >= 4 is 0 Å². The first-order valence-corrected chi connectivity index (χ1v) is 7.40. The number of benzene rings is 1. The molecule has 24 heavy (non-hydrogen) atoms. The highest BCUT2D eigenvalue weighted by atomic mass is 19.1. The maximum absolute atomic E-state index is 13.6. The number of nitriles is 1. The summed E-state index contributed by atoms with van der Waals surface area (Å²) in [6.45, 7) is 2.07. The number of imidazole rings is 1. The van der Waals surface area contributed by atoms with Gasteiger partial charge < -0.3 is 9.67 Å². The molecule has 3 aromatic rings. The fourth-order valence-corrected chi connectivity index (χ4v) is 2.74. The van der Waals surface area contributed by atoms with Crippen LogP contribution in [0.2, 0.25) is 0 Å². The monoisotopic (exact) mass is 325 g/mol. The first-order chi connectivity index (χ1) is 11.5. The Kier molecular flexibility index (Phi) is 4.15. The summed E-state index contributed by atoms with van der Waals surface area (Å²) in [7, 11) is 1.79. The third-order valence-electron chi connectivity index (χ3n) is 3.83. The van der Waals surface area contributed by atoms with E-state index in [1.807, 2.05) is 6.07 Å². The lowest BCUT2D eigenvalue weighted by Crippen LogP contribution is -2.04.